The van der Waals surface area contributed by atoms with Gasteiger partial charge in [0.2, 0.25) is 5.16 Å². The summed E-state index contributed by atoms with van der Waals surface area (Å²) in [6.45, 7) is 0.734. The first-order valence-electron chi connectivity index (χ1n) is 4.52. The quantitative estimate of drug-likeness (QED) is 0.550. The van der Waals surface area contributed by atoms with Crippen LogP contribution in [0.1, 0.15) is 25.3 Å². The number of nitrogens with two attached hydrogens (primary N) is 1. The van der Waals surface area contributed by atoms with Crippen LogP contribution in [-0.4, -0.2) is 32.5 Å². The second-order valence-corrected chi connectivity index (χ2v) is 4.19. The van der Waals surface area contributed by atoms with Crippen molar-refractivity contribution in [2.24, 2.45) is 5.73 Å². The SMILES string of the molecule is NCCCSc1nnnn1C1CC1. The lowest BCUT2D eigenvalue weighted by molar-refractivity contribution is 0.565. The van der Waals surface area contributed by atoms with Crippen molar-refractivity contribution >= 4 is 11.8 Å². The maximum absolute atomic E-state index is 5.41. The molecule has 2 rings (SSSR count). The Morgan fingerprint density at radius 3 is 3.08 bits per heavy atom. The number of aromatic nitrogens is 4. The van der Waals surface area contributed by atoms with Crippen molar-refractivity contribution in [2.75, 3.05) is 12.3 Å². The standard InChI is InChI=1S/C7H13N5S/c8-4-1-5-13-7-9-10-11-12(7)6-2-3-6/h6H,1-5,8H2. The molecule has 0 saturated heterocycles. The van der Waals surface area contributed by atoms with Gasteiger partial charge >= 0.3 is 0 Å². The van der Waals surface area contributed by atoms with Crippen LogP contribution < -0.4 is 5.73 Å². The van der Waals surface area contributed by atoms with Crippen LogP contribution in [0.3, 0.4) is 0 Å². The van der Waals surface area contributed by atoms with Gasteiger partial charge in [0, 0.05) is 5.75 Å². The van der Waals surface area contributed by atoms with Crippen LogP contribution >= 0.6 is 11.8 Å². The van der Waals surface area contributed by atoms with Crippen LogP contribution in [0, 0.1) is 0 Å². The summed E-state index contributed by atoms with van der Waals surface area (Å²) < 4.78 is 1.93. The van der Waals surface area contributed by atoms with Crippen molar-refractivity contribution < 1.29 is 0 Å². The molecule has 0 radical (unpaired) electrons. The Kier molecular flexibility index (Phi) is 2.80. The summed E-state index contributed by atoms with van der Waals surface area (Å²) in [5, 5.41) is 12.5. The van der Waals surface area contributed by atoms with Crippen LogP contribution in [-0.2, 0) is 0 Å². The van der Waals surface area contributed by atoms with E-state index in [9.17, 15) is 0 Å². The number of thioether (sulfide) groups is 1. The molecule has 6 heteroatoms. The van der Waals surface area contributed by atoms with E-state index in [1.165, 1.54) is 12.8 Å². The Balaban J connectivity index is 1.90. The van der Waals surface area contributed by atoms with E-state index in [1.54, 1.807) is 11.8 Å². The lowest BCUT2D eigenvalue weighted by atomic mass is 10.5. The highest BCUT2D eigenvalue weighted by Crippen LogP contribution is 2.36. The second kappa shape index (κ2) is 4.06. The average molecular weight is 199 g/mol. The maximum atomic E-state index is 5.41. The van der Waals surface area contributed by atoms with E-state index in [2.05, 4.69) is 15.5 Å². The summed E-state index contributed by atoms with van der Waals surface area (Å²) in [4.78, 5) is 0. The first-order valence-corrected chi connectivity index (χ1v) is 5.51. The summed E-state index contributed by atoms with van der Waals surface area (Å²) in [7, 11) is 0. The molecule has 0 aliphatic heterocycles. The number of tetrazole rings is 1. The third-order valence-corrected chi connectivity index (χ3v) is 2.95. The maximum Gasteiger partial charge on any atom is 0.209 e. The zero-order valence-electron chi connectivity index (χ0n) is 7.39. The van der Waals surface area contributed by atoms with E-state index < -0.39 is 0 Å². The molecule has 0 atom stereocenters. The van der Waals surface area contributed by atoms with Crippen LogP contribution in [0.15, 0.2) is 5.16 Å². The van der Waals surface area contributed by atoms with Gasteiger partial charge in [0.1, 0.15) is 0 Å². The van der Waals surface area contributed by atoms with Crippen molar-refractivity contribution in [3.8, 4) is 0 Å². The van der Waals surface area contributed by atoms with E-state index in [0.717, 1.165) is 23.9 Å². The number of rotatable bonds is 5. The molecule has 1 aromatic rings. The lowest BCUT2D eigenvalue weighted by Crippen LogP contribution is -2.02. The van der Waals surface area contributed by atoms with E-state index >= 15 is 0 Å². The van der Waals surface area contributed by atoms with E-state index in [0.29, 0.717) is 6.04 Å². The number of hydrogen-bond acceptors (Lipinski definition) is 5. The van der Waals surface area contributed by atoms with Gasteiger partial charge in [0.05, 0.1) is 6.04 Å². The highest BCUT2D eigenvalue weighted by molar-refractivity contribution is 7.99. The monoisotopic (exact) mass is 199 g/mol. The third kappa shape index (κ3) is 2.19. The topological polar surface area (TPSA) is 69.6 Å². The van der Waals surface area contributed by atoms with Crippen LogP contribution in [0.4, 0.5) is 0 Å². The molecule has 2 N–H and O–H groups in total. The highest BCUT2D eigenvalue weighted by Gasteiger charge is 2.27. The summed E-state index contributed by atoms with van der Waals surface area (Å²) in [6, 6.07) is 0.565. The summed E-state index contributed by atoms with van der Waals surface area (Å²) >= 11 is 1.69. The molecule has 0 bridgehead atoms. The minimum absolute atomic E-state index is 0.565. The van der Waals surface area contributed by atoms with Gasteiger partial charge < -0.3 is 5.73 Å². The fraction of sp³-hybridized carbons (Fsp3) is 0.857. The summed E-state index contributed by atoms with van der Waals surface area (Å²) in [6.07, 6.45) is 3.45. The third-order valence-electron chi connectivity index (χ3n) is 1.93. The zero-order chi connectivity index (χ0) is 9.10. The molecular formula is C7H13N5S. The Morgan fingerprint density at radius 2 is 2.38 bits per heavy atom. The molecule has 1 saturated carbocycles. The van der Waals surface area contributed by atoms with Gasteiger partial charge in [0.15, 0.2) is 0 Å². The van der Waals surface area contributed by atoms with Crippen LogP contribution in [0.5, 0.6) is 0 Å². The Hall–Kier alpha value is -0.620. The molecule has 0 amide bonds. The van der Waals surface area contributed by atoms with Gasteiger partial charge in [-0.1, -0.05) is 11.8 Å². The molecule has 0 unspecified atom stereocenters. The molecule has 1 fully saturated rings. The van der Waals surface area contributed by atoms with Crippen molar-refractivity contribution in [3.63, 3.8) is 0 Å². The molecular weight excluding hydrogens is 186 g/mol. The molecule has 13 heavy (non-hydrogen) atoms. The molecule has 1 aromatic heterocycles. The Bertz CT molecular complexity index is 270. The molecule has 1 heterocycles. The molecule has 1 aliphatic rings. The van der Waals surface area contributed by atoms with Crippen molar-refractivity contribution in [1.82, 2.24) is 20.2 Å². The Labute approximate surface area is 81.1 Å². The van der Waals surface area contributed by atoms with Gasteiger partial charge in [-0.3, -0.25) is 0 Å². The number of hydrogen-bond donors (Lipinski definition) is 1. The summed E-state index contributed by atoms with van der Waals surface area (Å²) in [5.74, 6) is 1.00. The molecule has 1 aliphatic carbocycles. The number of nitrogens with zero attached hydrogens (tertiary/aromatic N) is 4. The molecule has 72 valence electrons. The van der Waals surface area contributed by atoms with Crippen molar-refractivity contribution in [1.29, 1.82) is 0 Å². The minimum Gasteiger partial charge on any atom is -0.330 e. The molecule has 0 aromatic carbocycles. The van der Waals surface area contributed by atoms with E-state index in [4.69, 9.17) is 5.73 Å². The smallest absolute Gasteiger partial charge is 0.209 e. The predicted molar refractivity (Wildman–Crippen MR) is 50.5 cm³/mol. The van der Waals surface area contributed by atoms with Gasteiger partial charge in [-0.2, -0.15) is 0 Å². The first kappa shape index (κ1) is 8.96. The largest absolute Gasteiger partial charge is 0.330 e. The lowest BCUT2D eigenvalue weighted by Gasteiger charge is -2.00. The predicted octanol–water partition coefficient (Wildman–Crippen LogP) is 0.449. The van der Waals surface area contributed by atoms with Gasteiger partial charge in [-0.05, 0) is 36.2 Å². The normalized spacial score (nSPS) is 16.4. The summed E-state index contributed by atoms with van der Waals surface area (Å²) in [5.41, 5.74) is 5.41. The molecule has 5 nitrogen and oxygen atoms in total. The van der Waals surface area contributed by atoms with Crippen molar-refractivity contribution in [2.45, 2.75) is 30.5 Å². The van der Waals surface area contributed by atoms with Gasteiger partial charge in [0.25, 0.3) is 0 Å². The van der Waals surface area contributed by atoms with Crippen LogP contribution in [0.2, 0.25) is 0 Å². The van der Waals surface area contributed by atoms with Crippen LogP contribution in [0.25, 0.3) is 0 Å². The second-order valence-electron chi connectivity index (χ2n) is 3.13. The fourth-order valence-corrected chi connectivity index (χ4v) is 1.98. The Morgan fingerprint density at radius 1 is 1.54 bits per heavy atom. The fourth-order valence-electron chi connectivity index (χ4n) is 1.08. The zero-order valence-corrected chi connectivity index (χ0v) is 8.20. The minimum atomic E-state index is 0.565. The molecule has 0 spiro atoms. The van der Waals surface area contributed by atoms with Gasteiger partial charge in [-0.25, -0.2) is 4.68 Å². The average Bonchev–Trinajstić information content (AvgIpc) is 2.88. The van der Waals surface area contributed by atoms with Crippen molar-refractivity contribution in [3.05, 3.63) is 0 Å². The van der Waals surface area contributed by atoms with E-state index in [1.807, 2.05) is 4.68 Å². The first-order chi connectivity index (χ1) is 6.42. The van der Waals surface area contributed by atoms with Gasteiger partial charge in [-0.15, -0.1) is 5.10 Å². The van der Waals surface area contributed by atoms with E-state index in [-0.39, 0.29) is 0 Å². The highest BCUT2D eigenvalue weighted by atomic mass is 32.2.